The zero-order valence-corrected chi connectivity index (χ0v) is 21.4. The molecule has 0 aliphatic carbocycles. The van der Waals surface area contributed by atoms with E-state index in [1.807, 2.05) is 24.3 Å². The lowest BCUT2D eigenvalue weighted by Crippen LogP contribution is -2.15. The molecule has 0 saturated heterocycles. The molecule has 0 aliphatic heterocycles. The zero-order chi connectivity index (χ0) is 24.6. The SMILES string of the molecule is COc1cc(NC(=O)OCCSc2cccc(CSc3nc4ccccc4[nH]3)c2C)cc(OC)c1. The predicted octanol–water partition coefficient (Wildman–Crippen LogP) is 6.52. The van der Waals surface area contributed by atoms with Crippen molar-refractivity contribution >= 4 is 46.3 Å². The molecule has 0 radical (unpaired) electrons. The number of carbonyl (C=O) groups is 1. The van der Waals surface area contributed by atoms with E-state index in [1.54, 1.807) is 55.9 Å². The molecule has 3 aromatic carbocycles. The third-order valence-electron chi connectivity index (χ3n) is 5.30. The van der Waals surface area contributed by atoms with Gasteiger partial charge in [0.25, 0.3) is 0 Å². The van der Waals surface area contributed by atoms with Crippen LogP contribution in [0.2, 0.25) is 0 Å². The first kappa shape index (κ1) is 24.8. The number of amides is 1. The van der Waals surface area contributed by atoms with Gasteiger partial charge in [0.05, 0.1) is 30.9 Å². The number of carbonyl (C=O) groups excluding carboxylic acids is 1. The topological polar surface area (TPSA) is 85.5 Å². The largest absolute Gasteiger partial charge is 0.497 e. The van der Waals surface area contributed by atoms with E-state index in [9.17, 15) is 4.79 Å². The minimum atomic E-state index is -0.520. The fourth-order valence-electron chi connectivity index (χ4n) is 3.44. The molecule has 182 valence electrons. The van der Waals surface area contributed by atoms with Crippen molar-refractivity contribution in [2.24, 2.45) is 0 Å². The number of hydrogen-bond donors (Lipinski definition) is 2. The lowest BCUT2D eigenvalue weighted by Gasteiger charge is -2.12. The fourth-order valence-corrected chi connectivity index (χ4v) is 5.29. The molecule has 0 unspecified atom stereocenters. The van der Waals surface area contributed by atoms with E-state index < -0.39 is 6.09 Å². The molecule has 9 heteroatoms. The lowest BCUT2D eigenvalue weighted by molar-refractivity contribution is 0.169. The summed E-state index contributed by atoms with van der Waals surface area (Å²) >= 11 is 3.36. The van der Waals surface area contributed by atoms with Crippen LogP contribution in [0.4, 0.5) is 10.5 Å². The van der Waals surface area contributed by atoms with Crippen molar-refractivity contribution in [3.63, 3.8) is 0 Å². The molecule has 0 bridgehead atoms. The normalized spacial score (nSPS) is 10.8. The van der Waals surface area contributed by atoms with Crippen LogP contribution in [0.1, 0.15) is 11.1 Å². The van der Waals surface area contributed by atoms with Crippen LogP contribution in [0.15, 0.2) is 70.7 Å². The molecular formula is C26H27N3O4S2. The Morgan fingerprint density at radius 3 is 2.51 bits per heavy atom. The Balaban J connectivity index is 1.26. The number of thioether (sulfide) groups is 2. The van der Waals surface area contributed by atoms with E-state index in [1.165, 1.54) is 16.0 Å². The van der Waals surface area contributed by atoms with Crippen molar-refractivity contribution in [3.8, 4) is 11.5 Å². The fraction of sp³-hybridized carbons (Fsp3) is 0.231. The van der Waals surface area contributed by atoms with Crippen molar-refractivity contribution in [2.75, 3.05) is 31.9 Å². The summed E-state index contributed by atoms with van der Waals surface area (Å²) in [5.41, 5.74) is 5.06. The van der Waals surface area contributed by atoms with E-state index in [0.717, 1.165) is 21.9 Å². The van der Waals surface area contributed by atoms with Crippen molar-refractivity contribution in [1.29, 1.82) is 0 Å². The van der Waals surface area contributed by atoms with Crippen LogP contribution in [0.3, 0.4) is 0 Å². The molecular weight excluding hydrogens is 482 g/mol. The third kappa shape index (κ3) is 6.64. The average Bonchev–Trinajstić information content (AvgIpc) is 3.29. The Morgan fingerprint density at radius 1 is 1.00 bits per heavy atom. The highest BCUT2D eigenvalue weighted by molar-refractivity contribution is 7.99. The van der Waals surface area contributed by atoms with Gasteiger partial charge in [-0.2, -0.15) is 0 Å². The van der Waals surface area contributed by atoms with E-state index in [4.69, 9.17) is 14.2 Å². The molecule has 0 spiro atoms. The standard InChI is InChI=1S/C26H27N3O4S2/c1-17-18(16-35-25-28-22-8-4-5-9-23(22)29-25)7-6-10-24(17)34-12-11-33-26(30)27-19-13-20(31-2)15-21(14-19)32-3/h4-10,13-15H,11-12,16H2,1-3H3,(H,27,30)(H,28,29). The van der Waals surface area contributed by atoms with Crippen molar-refractivity contribution in [3.05, 3.63) is 71.8 Å². The Labute approximate surface area is 213 Å². The Kier molecular flexibility index (Phi) is 8.44. The second kappa shape index (κ2) is 11.9. The molecule has 35 heavy (non-hydrogen) atoms. The number of fused-ring (bicyclic) bond motifs is 1. The van der Waals surface area contributed by atoms with Crippen molar-refractivity contribution in [1.82, 2.24) is 9.97 Å². The highest BCUT2D eigenvalue weighted by Crippen LogP contribution is 2.30. The second-order valence-electron chi connectivity index (χ2n) is 7.60. The molecule has 1 heterocycles. The predicted molar refractivity (Wildman–Crippen MR) is 142 cm³/mol. The van der Waals surface area contributed by atoms with Gasteiger partial charge in [-0.1, -0.05) is 36.0 Å². The van der Waals surface area contributed by atoms with Gasteiger partial charge in [0.15, 0.2) is 5.16 Å². The Bertz CT molecular complexity index is 1250. The van der Waals surface area contributed by atoms with Gasteiger partial charge in [0.1, 0.15) is 18.1 Å². The van der Waals surface area contributed by atoms with Gasteiger partial charge >= 0.3 is 6.09 Å². The zero-order valence-electron chi connectivity index (χ0n) is 19.8. The maximum absolute atomic E-state index is 12.2. The first-order chi connectivity index (χ1) is 17.1. The minimum absolute atomic E-state index is 0.287. The summed E-state index contributed by atoms with van der Waals surface area (Å²) in [4.78, 5) is 21.4. The number of aromatic amines is 1. The number of anilines is 1. The molecule has 1 aromatic heterocycles. The number of para-hydroxylation sites is 2. The summed E-state index contributed by atoms with van der Waals surface area (Å²) in [5, 5.41) is 3.62. The highest BCUT2D eigenvalue weighted by Gasteiger charge is 2.10. The molecule has 4 aromatic rings. The summed E-state index contributed by atoms with van der Waals surface area (Å²) in [6, 6.07) is 19.5. The molecule has 1 amide bonds. The summed E-state index contributed by atoms with van der Waals surface area (Å²) in [7, 11) is 3.12. The lowest BCUT2D eigenvalue weighted by atomic mass is 10.1. The maximum atomic E-state index is 12.2. The van der Waals surface area contributed by atoms with Gasteiger partial charge in [0, 0.05) is 34.6 Å². The number of hydrogen-bond acceptors (Lipinski definition) is 7. The monoisotopic (exact) mass is 509 g/mol. The van der Waals surface area contributed by atoms with E-state index in [2.05, 4.69) is 40.4 Å². The quantitative estimate of drug-likeness (QED) is 0.186. The molecule has 0 aliphatic rings. The summed E-state index contributed by atoms with van der Waals surface area (Å²) in [5.74, 6) is 2.65. The van der Waals surface area contributed by atoms with Crippen LogP contribution in [0, 0.1) is 6.92 Å². The maximum Gasteiger partial charge on any atom is 0.411 e. The highest BCUT2D eigenvalue weighted by atomic mass is 32.2. The number of imidazole rings is 1. The van der Waals surface area contributed by atoms with Gasteiger partial charge in [-0.25, -0.2) is 9.78 Å². The summed E-state index contributed by atoms with van der Waals surface area (Å²) in [6.07, 6.45) is -0.520. The van der Waals surface area contributed by atoms with E-state index in [-0.39, 0.29) is 6.61 Å². The minimum Gasteiger partial charge on any atom is -0.497 e. The Hall–Kier alpha value is -3.30. The number of rotatable bonds is 10. The van der Waals surface area contributed by atoms with Crippen LogP contribution >= 0.6 is 23.5 Å². The molecule has 4 rings (SSSR count). The van der Waals surface area contributed by atoms with Gasteiger partial charge in [0.2, 0.25) is 0 Å². The number of methoxy groups -OCH3 is 2. The number of H-pyrrole nitrogens is 1. The molecule has 0 atom stereocenters. The van der Waals surface area contributed by atoms with Crippen molar-refractivity contribution < 1.29 is 19.0 Å². The van der Waals surface area contributed by atoms with Gasteiger partial charge < -0.3 is 19.2 Å². The number of nitrogens with one attached hydrogen (secondary N) is 2. The average molecular weight is 510 g/mol. The molecule has 0 fully saturated rings. The molecule has 2 N–H and O–H groups in total. The number of benzene rings is 3. The van der Waals surface area contributed by atoms with Gasteiger partial charge in [-0.15, -0.1) is 11.8 Å². The smallest absolute Gasteiger partial charge is 0.411 e. The number of ether oxygens (including phenoxy) is 3. The summed E-state index contributed by atoms with van der Waals surface area (Å²) < 4.78 is 15.8. The van der Waals surface area contributed by atoms with E-state index >= 15 is 0 Å². The summed E-state index contributed by atoms with van der Waals surface area (Å²) in [6.45, 7) is 2.41. The second-order valence-corrected chi connectivity index (χ2v) is 9.70. The van der Waals surface area contributed by atoms with Crippen molar-refractivity contribution in [2.45, 2.75) is 22.7 Å². The van der Waals surface area contributed by atoms with Gasteiger partial charge in [-0.3, -0.25) is 5.32 Å². The first-order valence-corrected chi connectivity index (χ1v) is 13.0. The molecule has 0 saturated carbocycles. The molecule has 7 nitrogen and oxygen atoms in total. The van der Waals surface area contributed by atoms with Crippen LogP contribution in [0.5, 0.6) is 11.5 Å². The van der Waals surface area contributed by atoms with Crippen LogP contribution in [-0.4, -0.2) is 42.6 Å². The number of nitrogens with zero attached hydrogens (tertiary/aromatic N) is 1. The van der Waals surface area contributed by atoms with Crippen LogP contribution in [0.25, 0.3) is 11.0 Å². The first-order valence-electron chi connectivity index (χ1n) is 11.0. The van der Waals surface area contributed by atoms with E-state index in [0.29, 0.717) is 22.9 Å². The van der Waals surface area contributed by atoms with Crippen LogP contribution < -0.4 is 14.8 Å². The van der Waals surface area contributed by atoms with Crippen LogP contribution in [-0.2, 0) is 10.5 Å². The number of aromatic nitrogens is 2. The van der Waals surface area contributed by atoms with Gasteiger partial charge in [-0.05, 0) is 36.2 Å². The third-order valence-corrected chi connectivity index (χ3v) is 7.35. The Morgan fingerprint density at radius 2 is 1.77 bits per heavy atom.